The molecule has 0 unspecified atom stereocenters. The Kier molecular flexibility index (Phi) is 1.76. The van der Waals surface area contributed by atoms with Crippen LogP contribution in [-0.2, 0) is 4.79 Å². The molecule has 0 aromatic rings. The van der Waals surface area contributed by atoms with Crippen LogP contribution >= 0.6 is 0 Å². The van der Waals surface area contributed by atoms with Crippen LogP contribution in [0.3, 0.4) is 0 Å². The van der Waals surface area contributed by atoms with Gasteiger partial charge in [-0.05, 0) is 19.9 Å². The lowest BCUT2D eigenvalue weighted by atomic mass is 9.98. The molecule has 0 atom stereocenters. The first-order chi connectivity index (χ1) is 4.71. The molecule has 0 radical (unpaired) electrons. The van der Waals surface area contributed by atoms with Crippen molar-refractivity contribution in [2.75, 3.05) is 7.05 Å². The fourth-order valence-corrected chi connectivity index (χ4v) is 1.14. The number of carbonyl (C=O) groups is 1. The van der Waals surface area contributed by atoms with Crippen molar-refractivity contribution in [2.45, 2.75) is 18.4 Å². The van der Waals surface area contributed by atoms with E-state index in [1.54, 1.807) is 7.05 Å². The molecule has 0 saturated heterocycles. The number of rotatable bonds is 2. The van der Waals surface area contributed by atoms with Gasteiger partial charge in [0.2, 0.25) is 0 Å². The third-order valence-electron chi connectivity index (χ3n) is 1.99. The van der Waals surface area contributed by atoms with E-state index in [-0.39, 0.29) is 0 Å². The van der Waals surface area contributed by atoms with Crippen LogP contribution in [0.1, 0.15) is 12.8 Å². The van der Waals surface area contributed by atoms with Crippen LogP contribution in [0.15, 0.2) is 12.2 Å². The summed E-state index contributed by atoms with van der Waals surface area (Å²) in [7, 11) is 1.68. The molecule has 1 aliphatic carbocycles. The van der Waals surface area contributed by atoms with E-state index in [2.05, 4.69) is 5.32 Å². The number of carboxylic acids is 1. The summed E-state index contributed by atoms with van der Waals surface area (Å²) in [5.41, 5.74) is -0.708. The van der Waals surface area contributed by atoms with E-state index in [9.17, 15) is 4.79 Å². The smallest absolute Gasteiger partial charge is 0.324 e. The molecule has 0 aromatic carbocycles. The van der Waals surface area contributed by atoms with Crippen LogP contribution < -0.4 is 5.32 Å². The number of aliphatic carboxylic acids is 1. The molecule has 10 heavy (non-hydrogen) atoms. The van der Waals surface area contributed by atoms with Gasteiger partial charge in [-0.3, -0.25) is 4.79 Å². The average Bonchev–Trinajstić information content (AvgIpc) is 2.35. The fourth-order valence-electron chi connectivity index (χ4n) is 1.14. The van der Waals surface area contributed by atoms with Crippen molar-refractivity contribution in [3.63, 3.8) is 0 Å². The van der Waals surface area contributed by atoms with Gasteiger partial charge in [0, 0.05) is 0 Å². The van der Waals surface area contributed by atoms with Crippen molar-refractivity contribution >= 4 is 5.97 Å². The van der Waals surface area contributed by atoms with Crippen molar-refractivity contribution in [3.05, 3.63) is 12.2 Å². The molecule has 0 spiro atoms. The van der Waals surface area contributed by atoms with Gasteiger partial charge in [0.15, 0.2) is 0 Å². The zero-order chi connectivity index (χ0) is 7.61. The quantitative estimate of drug-likeness (QED) is 0.546. The minimum atomic E-state index is -0.764. The molecule has 1 rings (SSSR count). The van der Waals surface area contributed by atoms with Crippen molar-refractivity contribution < 1.29 is 9.90 Å². The van der Waals surface area contributed by atoms with Gasteiger partial charge in [-0.15, -0.1) is 0 Å². The summed E-state index contributed by atoms with van der Waals surface area (Å²) in [6.45, 7) is 0. The highest BCUT2D eigenvalue weighted by atomic mass is 16.4. The van der Waals surface area contributed by atoms with Gasteiger partial charge in [0.1, 0.15) is 5.54 Å². The highest BCUT2D eigenvalue weighted by Gasteiger charge is 2.36. The number of hydrogen-bond acceptors (Lipinski definition) is 2. The van der Waals surface area contributed by atoms with Gasteiger partial charge in [0.25, 0.3) is 0 Å². The average molecular weight is 141 g/mol. The zero-order valence-corrected chi connectivity index (χ0v) is 5.92. The number of likely N-dealkylation sites (N-methyl/N-ethyl adjacent to an activating group) is 1. The summed E-state index contributed by atoms with van der Waals surface area (Å²) in [4.78, 5) is 10.7. The molecule has 3 heteroatoms. The van der Waals surface area contributed by atoms with E-state index in [4.69, 9.17) is 5.11 Å². The monoisotopic (exact) mass is 141 g/mol. The molecule has 2 N–H and O–H groups in total. The van der Waals surface area contributed by atoms with E-state index < -0.39 is 11.5 Å². The van der Waals surface area contributed by atoms with Crippen LogP contribution in [0.5, 0.6) is 0 Å². The first-order valence-corrected chi connectivity index (χ1v) is 3.28. The highest BCUT2D eigenvalue weighted by molar-refractivity contribution is 5.80. The standard InChI is InChI=1S/C7H11NO2/c1-8-7(6(9)10)4-2-3-5-7/h2-3,8H,4-5H2,1H3,(H,9,10). The van der Waals surface area contributed by atoms with Crippen molar-refractivity contribution in [2.24, 2.45) is 0 Å². The number of hydrogen-bond donors (Lipinski definition) is 2. The molecule has 0 aliphatic heterocycles. The molecular formula is C7H11NO2. The van der Waals surface area contributed by atoms with Crippen LogP contribution in [0.2, 0.25) is 0 Å². The summed E-state index contributed by atoms with van der Waals surface area (Å²) < 4.78 is 0. The minimum absolute atomic E-state index is 0.596. The molecule has 0 aromatic heterocycles. The maximum Gasteiger partial charge on any atom is 0.324 e. The molecule has 56 valence electrons. The number of nitrogens with one attached hydrogen (secondary N) is 1. The third kappa shape index (κ3) is 0.926. The van der Waals surface area contributed by atoms with Gasteiger partial charge in [-0.2, -0.15) is 0 Å². The summed E-state index contributed by atoms with van der Waals surface area (Å²) in [5, 5.41) is 11.6. The van der Waals surface area contributed by atoms with Gasteiger partial charge >= 0.3 is 5.97 Å². The Bertz CT molecular complexity index is 166. The Morgan fingerprint density at radius 2 is 2.10 bits per heavy atom. The Morgan fingerprint density at radius 3 is 2.30 bits per heavy atom. The first-order valence-electron chi connectivity index (χ1n) is 3.28. The van der Waals surface area contributed by atoms with E-state index in [1.165, 1.54) is 0 Å². The Hall–Kier alpha value is -0.830. The minimum Gasteiger partial charge on any atom is -0.480 e. The van der Waals surface area contributed by atoms with Crippen LogP contribution in [0.4, 0.5) is 0 Å². The van der Waals surface area contributed by atoms with Gasteiger partial charge in [-0.1, -0.05) is 12.2 Å². The summed E-state index contributed by atoms with van der Waals surface area (Å²) in [6.07, 6.45) is 4.98. The topological polar surface area (TPSA) is 49.3 Å². The zero-order valence-electron chi connectivity index (χ0n) is 5.92. The van der Waals surface area contributed by atoms with Crippen LogP contribution in [-0.4, -0.2) is 23.7 Å². The predicted octanol–water partition coefficient (Wildman–Crippen LogP) is 0.379. The lowest BCUT2D eigenvalue weighted by Gasteiger charge is -2.22. The molecule has 0 heterocycles. The van der Waals surface area contributed by atoms with Crippen molar-refractivity contribution in [3.8, 4) is 0 Å². The molecule has 0 fully saturated rings. The Balaban J connectivity index is 2.70. The third-order valence-corrected chi connectivity index (χ3v) is 1.99. The second-order valence-electron chi connectivity index (χ2n) is 2.52. The summed E-state index contributed by atoms with van der Waals surface area (Å²) >= 11 is 0. The maximum absolute atomic E-state index is 10.7. The largest absolute Gasteiger partial charge is 0.480 e. The van der Waals surface area contributed by atoms with Gasteiger partial charge < -0.3 is 10.4 Å². The Labute approximate surface area is 59.7 Å². The maximum atomic E-state index is 10.7. The van der Waals surface area contributed by atoms with Crippen molar-refractivity contribution in [1.82, 2.24) is 5.32 Å². The van der Waals surface area contributed by atoms with Crippen LogP contribution in [0, 0.1) is 0 Å². The molecule has 3 nitrogen and oxygen atoms in total. The van der Waals surface area contributed by atoms with E-state index in [1.807, 2.05) is 12.2 Å². The summed E-state index contributed by atoms with van der Waals surface area (Å²) in [6, 6.07) is 0. The lowest BCUT2D eigenvalue weighted by molar-refractivity contribution is -0.144. The van der Waals surface area contributed by atoms with E-state index >= 15 is 0 Å². The van der Waals surface area contributed by atoms with Gasteiger partial charge in [-0.25, -0.2) is 0 Å². The fraction of sp³-hybridized carbons (Fsp3) is 0.571. The summed E-state index contributed by atoms with van der Waals surface area (Å²) in [5.74, 6) is -0.764. The second kappa shape index (κ2) is 2.42. The highest BCUT2D eigenvalue weighted by Crippen LogP contribution is 2.22. The molecule has 1 aliphatic rings. The number of carboxylic acid groups (broad SMARTS) is 1. The lowest BCUT2D eigenvalue weighted by Crippen LogP contribution is -2.47. The first kappa shape index (κ1) is 7.28. The molecular weight excluding hydrogens is 130 g/mol. The van der Waals surface area contributed by atoms with E-state index in [0.717, 1.165) is 0 Å². The van der Waals surface area contributed by atoms with Gasteiger partial charge in [0.05, 0.1) is 0 Å². The SMILES string of the molecule is CNC1(C(=O)O)CC=CC1. The Morgan fingerprint density at radius 1 is 1.60 bits per heavy atom. The normalized spacial score (nSPS) is 21.3. The predicted molar refractivity (Wildman–Crippen MR) is 37.8 cm³/mol. The molecule has 0 bridgehead atoms. The molecule has 0 saturated carbocycles. The van der Waals surface area contributed by atoms with Crippen LogP contribution in [0.25, 0.3) is 0 Å². The molecule has 0 amide bonds. The van der Waals surface area contributed by atoms with E-state index in [0.29, 0.717) is 12.8 Å². The second-order valence-corrected chi connectivity index (χ2v) is 2.52. The van der Waals surface area contributed by atoms with Crippen molar-refractivity contribution in [1.29, 1.82) is 0 Å².